The summed E-state index contributed by atoms with van der Waals surface area (Å²) in [5.74, 6) is 2.61. The lowest BCUT2D eigenvalue weighted by atomic mass is 9.53. The monoisotopic (exact) mass is 382 g/mol. The van der Waals surface area contributed by atoms with Crippen LogP contribution in [0.25, 0.3) is 0 Å². The first-order chi connectivity index (χ1) is 12.5. The maximum absolute atomic E-state index is 12.7. The number of aliphatic hydroxyl groups excluding tert-OH is 1. The van der Waals surface area contributed by atoms with E-state index < -0.39 is 5.60 Å². The van der Waals surface area contributed by atoms with Gasteiger partial charge in [-0.1, -0.05) is 45.8 Å². The van der Waals surface area contributed by atoms with Crippen molar-refractivity contribution >= 4 is 20.6 Å². The highest BCUT2D eigenvalue weighted by atomic mass is 31.0. The standard InChI is InChI=1S/C22H39O3P/c1-4-15-21(5-2,25-20(24)12-9-16-26)22(6-3,17-13-14-17)18-10-7-8-11-19(18)23/h16-19,23,26H,4-15H2,1-3H3. The molecular formula is C22H39O3P. The molecule has 150 valence electrons. The topological polar surface area (TPSA) is 46.5 Å². The number of carbonyl (C=O) groups is 1. The molecule has 3 nitrogen and oxygen atoms in total. The maximum atomic E-state index is 12.7. The summed E-state index contributed by atoms with van der Waals surface area (Å²) in [6.45, 7) is 6.63. The van der Waals surface area contributed by atoms with Gasteiger partial charge >= 0.3 is 5.97 Å². The molecule has 2 rings (SSSR count). The van der Waals surface area contributed by atoms with Crippen molar-refractivity contribution in [2.75, 3.05) is 0 Å². The fraction of sp³-hybridized carbons (Fsp3) is 0.909. The predicted molar refractivity (Wildman–Crippen MR) is 111 cm³/mol. The fourth-order valence-electron chi connectivity index (χ4n) is 6.02. The average molecular weight is 383 g/mol. The van der Waals surface area contributed by atoms with Crippen LogP contribution in [0.3, 0.4) is 0 Å². The summed E-state index contributed by atoms with van der Waals surface area (Å²) >= 11 is 0. The molecule has 2 aliphatic carbocycles. The molecule has 0 radical (unpaired) electrons. The summed E-state index contributed by atoms with van der Waals surface area (Å²) in [7, 11) is 3.34. The summed E-state index contributed by atoms with van der Waals surface area (Å²) < 4.78 is 6.40. The van der Waals surface area contributed by atoms with Crippen LogP contribution >= 0.6 is 8.86 Å². The molecule has 0 aromatic rings. The zero-order valence-corrected chi connectivity index (χ0v) is 18.1. The van der Waals surface area contributed by atoms with E-state index in [9.17, 15) is 9.90 Å². The minimum Gasteiger partial charge on any atom is -0.458 e. The number of aliphatic hydroxyl groups is 1. The molecule has 4 unspecified atom stereocenters. The minimum absolute atomic E-state index is 0.0784. The molecule has 0 aromatic heterocycles. The molecule has 2 fully saturated rings. The molecule has 0 bridgehead atoms. The highest BCUT2D eigenvalue weighted by molar-refractivity contribution is 7.18. The van der Waals surface area contributed by atoms with Crippen molar-refractivity contribution in [3.8, 4) is 0 Å². The van der Waals surface area contributed by atoms with Crippen LogP contribution in [-0.4, -0.2) is 28.6 Å². The lowest BCUT2D eigenvalue weighted by Gasteiger charge is -2.56. The summed E-state index contributed by atoms with van der Waals surface area (Å²) in [5, 5.41) is 11.0. The zero-order chi connectivity index (χ0) is 19.2. The number of ether oxygens (including phenoxy) is 1. The van der Waals surface area contributed by atoms with Crippen molar-refractivity contribution in [1.82, 2.24) is 0 Å². The first-order valence-corrected chi connectivity index (χ1v) is 11.5. The lowest BCUT2D eigenvalue weighted by molar-refractivity contribution is -0.207. The Morgan fingerprint density at radius 1 is 1.15 bits per heavy atom. The van der Waals surface area contributed by atoms with E-state index in [-0.39, 0.29) is 23.4 Å². The van der Waals surface area contributed by atoms with Gasteiger partial charge in [-0.3, -0.25) is 4.79 Å². The molecule has 0 amide bonds. The van der Waals surface area contributed by atoms with E-state index in [4.69, 9.17) is 4.74 Å². The molecule has 0 spiro atoms. The smallest absolute Gasteiger partial charge is 0.306 e. The van der Waals surface area contributed by atoms with Gasteiger partial charge in [-0.15, -0.1) is 8.86 Å². The van der Waals surface area contributed by atoms with Crippen LogP contribution in [0.1, 0.15) is 97.8 Å². The quantitative estimate of drug-likeness (QED) is 0.376. The number of esters is 1. The van der Waals surface area contributed by atoms with Gasteiger partial charge in [-0.05, 0) is 63.2 Å². The van der Waals surface area contributed by atoms with Crippen molar-refractivity contribution < 1.29 is 14.6 Å². The van der Waals surface area contributed by atoms with Gasteiger partial charge in [0.05, 0.1) is 6.10 Å². The summed E-state index contributed by atoms with van der Waals surface area (Å²) in [6.07, 6.45) is 11.3. The molecule has 26 heavy (non-hydrogen) atoms. The third kappa shape index (κ3) is 4.20. The molecule has 2 saturated carbocycles. The molecule has 0 aliphatic heterocycles. The van der Waals surface area contributed by atoms with Crippen LogP contribution in [-0.2, 0) is 9.53 Å². The Hall–Kier alpha value is -0.400. The van der Waals surface area contributed by atoms with E-state index in [1.54, 1.807) is 0 Å². The van der Waals surface area contributed by atoms with Crippen LogP contribution < -0.4 is 0 Å². The highest BCUT2D eigenvalue weighted by Gasteiger charge is 2.63. The van der Waals surface area contributed by atoms with Crippen LogP contribution in [0.15, 0.2) is 0 Å². The van der Waals surface area contributed by atoms with Crippen molar-refractivity contribution in [2.45, 2.75) is 110 Å². The fourth-order valence-corrected chi connectivity index (χ4v) is 6.16. The third-order valence-electron chi connectivity index (χ3n) is 7.16. The SMILES string of the molecule is CCCC(CC)(OC(=O)CCC=P)C(CC)(C1CC1)C1CCCCC1O. The Morgan fingerprint density at radius 3 is 2.35 bits per heavy atom. The van der Waals surface area contributed by atoms with Gasteiger partial charge in [-0.2, -0.15) is 0 Å². The number of hydrogen-bond donors (Lipinski definition) is 1. The molecular weight excluding hydrogens is 343 g/mol. The molecule has 4 heteroatoms. The van der Waals surface area contributed by atoms with E-state index >= 15 is 0 Å². The maximum Gasteiger partial charge on any atom is 0.306 e. The van der Waals surface area contributed by atoms with Gasteiger partial charge in [0.25, 0.3) is 0 Å². The third-order valence-corrected chi connectivity index (χ3v) is 7.45. The summed E-state index contributed by atoms with van der Waals surface area (Å²) in [5.41, 5.74) is -0.519. The van der Waals surface area contributed by atoms with E-state index in [1.165, 1.54) is 19.3 Å². The normalized spacial score (nSPS) is 28.0. The Balaban J connectivity index is 2.43. The zero-order valence-electron chi connectivity index (χ0n) is 17.1. The van der Waals surface area contributed by atoms with Gasteiger partial charge in [0.15, 0.2) is 0 Å². The van der Waals surface area contributed by atoms with Gasteiger partial charge in [0, 0.05) is 11.8 Å². The van der Waals surface area contributed by atoms with Gasteiger partial charge in [0.2, 0.25) is 0 Å². The lowest BCUT2D eigenvalue weighted by Crippen LogP contribution is -2.59. The number of hydrogen-bond acceptors (Lipinski definition) is 3. The second kappa shape index (κ2) is 9.69. The molecule has 4 atom stereocenters. The van der Waals surface area contributed by atoms with Crippen molar-refractivity contribution in [1.29, 1.82) is 0 Å². The van der Waals surface area contributed by atoms with Crippen molar-refractivity contribution in [3.05, 3.63) is 0 Å². The highest BCUT2D eigenvalue weighted by Crippen LogP contribution is 2.63. The summed E-state index contributed by atoms with van der Waals surface area (Å²) in [4.78, 5) is 12.7. The molecule has 0 heterocycles. The first kappa shape index (κ1) is 21.9. The molecule has 0 aromatic carbocycles. The van der Waals surface area contributed by atoms with Crippen molar-refractivity contribution in [3.63, 3.8) is 0 Å². The second-order valence-electron chi connectivity index (χ2n) is 8.44. The van der Waals surface area contributed by atoms with Crippen LogP contribution in [0.2, 0.25) is 0 Å². The summed E-state index contributed by atoms with van der Waals surface area (Å²) in [6, 6.07) is 0. The van der Waals surface area contributed by atoms with E-state index in [1.807, 2.05) is 5.80 Å². The van der Waals surface area contributed by atoms with E-state index in [0.29, 0.717) is 18.8 Å². The largest absolute Gasteiger partial charge is 0.458 e. The van der Waals surface area contributed by atoms with Crippen LogP contribution in [0.5, 0.6) is 0 Å². The van der Waals surface area contributed by atoms with Gasteiger partial charge < -0.3 is 9.84 Å². The van der Waals surface area contributed by atoms with Crippen molar-refractivity contribution in [2.24, 2.45) is 17.3 Å². The number of rotatable bonds is 11. The first-order valence-electron chi connectivity index (χ1n) is 10.9. The van der Waals surface area contributed by atoms with E-state index in [2.05, 4.69) is 29.6 Å². The average Bonchev–Trinajstić information content (AvgIpc) is 3.47. The Labute approximate surface area is 162 Å². The van der Waals surface area contributed by atoms with Gasteiger partial charge in [0.1, 0.15) is 5.60 Å². The molecule has 1 N–H and O–H groups in total. The predicted octanol–water partition coefficient (Wildman–Crippen LogP) is 5.56. The number of carbonyl (C=O) groups excluding carboxylic acids is 1. The minimum atomic E-state index is -0.441. The van der Waals surface area contributed by atoms with Gasteiger partial charge in [-0.25, -0.2) is 0 Å². The van der Waals surface area contributed by atoms with Crippen LogP contribution in [0, 0.1) is 17.3 Å². The molecule has 2 aliphatic rings. The van der Waals surface area contributed by atoms with E-state index in [0.717, 1.165) is 44.9 Å². The Bertz CT molecular complexity index is 476. The Morgan fingerprint density at radius 2 is 1.85 bits per heavy atom. The van der Waals surface area contributed by atoms with Crippen LogP contribution in [0.4, 0.5) is 0 Å². The second-order valence-corrected chi connectivity index (χ2v) is 8.85. The Kier molecular flexibility index (Phi) is 8.16. The molecule has 0 saturated heterocycles.